The molecule has 0 aromatic heterocycles. The van der Waals surface area contributed by atoms with Crippen LogP contribution in [0.3, 0.4) is 0 Å². The molecule has 0 atom stereocenters. The Labute approximate surface area is 102 Å². The van der Waals surface area contributed by atoms with E-state index in [-0.39, 0.29) is 11.2 Å². The maximum absolute atomic E-state index is 13.0. The quantitative estimate of drug-likeness (QED) is 0.798. The van der Waals surface area contributed by atoms with Crippen LogP contribution in [0.1, 0.15) is 24.8 Å². The summed E-state index contributed by atoms with van der Waals surface area (Å²) in [6, 6.07) is 9.07. The minimum Gasteiger partial charge on any atom is -0.301 e. The van der Waals surface area contributed by atoms with E-state index in [0.717, 1.165) is 31.4 Å². The van der Waals surface area contributed by atoms with Crippen LogP contribution in [-0.2, 0) is 6.54 Å². The highest BCUT2D eigenvalue weighted by Gasteiger charge is 2.37. The molecule has 0 amide bonds. The summed E-state index contributed by atoms with van der Waals surface area (Å²) in [5, 5.41) is 9.16. The van der Waals surface area contributed by atoms with Gasteiger partial charge in [-0.05, 0) is 37.6 Å². The lowest BCUT2D eigenvalue weighted by atomic mass is 9.69. The van der Waals surface area contributed by atoms with Crippen LogP contribution in [0.25, 0.3) is 0 Å². The first kappa shape index (κ1) is 12.1. The molecule has 1 aromatic carbocycles. The Hall–Kier alpha value is -1.40. The average Bonchev–Trinajstić information content (AvgIpc) is 2.23. The molecule has 0 unspecified atom stereocenters. The topological polar surface area (TPSA) is 27.0 Å². The van der Waals surface area contributed by atoms with Gasteiger partial charge < -0.3 is 4.90 Å². The van der Waals surface area contributed by atoms with Crippen LogP contribution >= 0.6 is 0 Å². The van der Waals surface area contributed by atoms with Crippen LogP contribution in [-0.4, -0.2) is 18.5 Å². The van der Waals surface area contributed by atoms with Gasteiger partial charge in [-0.25, -0.2) is 4.39 Å². The molecule has 3 heteroatoms. The minimum atomic E-state index is -0.199. The summed E-state index contributed by atoms with van der Waals surface area (Å²) in [5.74, 6) is -0.199. The fraction of sp³-hybridized carbons (Fsp3) is 0.500. The van der Waals surface area contributed by atoms with Gasteiger partial charge in [0.1, 0.15) is 5.82 Å². The third kappa shape index (κ3) is 2.83. The first-order valence-corrected chi connectivity index (χ1v) is 5.98. The largest absolute Gasteiger partial charge is 0.301 e. The minimum absolute atomic E-state index is 0.151. The van der Waals surface area contributed by atoms with Crippen LogP contribution in [0, 0.1) is 22.6 Å². The van der Waals surface area contributed by atoms with Gasteiger partial charge >= 0.3 is 0 Å². The lowest BCUT2D eigenvalue weighted by molar-refractivity contribution is 0.134. The van der Waals surface area contributed by atoms with Crippen molar-refractivity contribution in [1.82, 2.24) is 4.90 Å². The SMILES string of the molecule is CN(Cc1cccc(F)c1)CC1(C#N)CCC1. The van der Waals surface area contributed by atoms with Crippen LogP contribution in [0.2, 0.25) is 0 Å². The maximum Gasteiger partial charge on any atom is 0.123 e. The molecule has 1 aromatic rings. The normalized spacial score (nSPS) is 17.5. The van der Waals surface area contributed by atoms with E-state index < -0.39 is 0 Å². The summed E-state index contributed by atoms with van der Waals surface area (Å²) < 4.78 is 13.0. The Morgan fingerprint density at radius 3 is 2.76 bits per heavy atom. The van der Waals surface area contributed by atoms with Gasteiger partial charge in [-0.15, -0.1) is 0 Å². The van der Waals surface area contributed by atoms with E-state index in [9.17, 15) is 4.39 Å². The van der Waals surface area contributed by atoms with Gasteiger partial charge in [-0.2, -0.15) is 5.26 Å². The number of nitrogens with zero attached hydrogens (tertiary/aromatic N) is 2. The van der Waals surface area contributed by atoms with E-state index in [1.807, 2.05) is 13.1 Å². The van der Waals surface area contributed by atoms with E-state index in [2.05, 4.69) is 11.0 Å². The lowest BCUT2D eigenvalue weighted by Gasteiger charge is -2.38. The predicted molar refractivity (Wildman–Crippen MR) is 64.6 cm³/mol. The van der Waals surface area contributed by atoms with Gasteiger partial charge in [0.05, 0.1) is 11.5 Å². The summed E-state index contributed by atoms with van der Waals surface area (Å²) >= 11 is 0. The molecule has 90 valence electrons. The van der Waals surface area contributed by atoms with Gasteiger partial charge in [0.2, 0.25) is 0 Å². The molecule has 0 aliphatic heterocycles. The Balaban J connectivity index is 1.93. The third-order valence-electron chi connectivity index (χ3n) is 3.46. The number of nitriles is 1. The lowest BCUT2D eigenvalue weighted by Crippen LogP contribution is -2.39. The van der Waals surface area contributed by atoms with Gasteiger partial charge in [0.25, 0.3) is 0 Å². The first-order valence-electron chi connectivity index (χ1n) is 5.98. The average molecular weight is 232 g/mol. The van der Waals surface area contributed by atoms with E-state index in [0.29, 0.717) is 6.54 Å². The van der Waals surface area contributed by atoms with Crippen molar-refractivity contribution in [3.05, 3.63) is 35.6 Å². The molecule has 2 nitrogen and oxygen atoms in total. The second kappa shape index (κ2) is 4.85. The number of rotatable bonds is 4. The molecule has 0 saturated heterocycles. The smallest absolute Gasteiger partial charge is 0.123 e. The van der Waals surface area contributed by atoms with Crippen LogP contribution < -0.4 is 0 Å². The van der Waals surface area contributed by atoms with E-state index >= 15 is 0 Å². The first-order chi connectivity index (χ1) is 8.13. The van der Waals surface area contributed by atoms with Crippen molar-refractivity contribution in [3.8, 4) is 6.07 Å². The van der Waals surface area contributed by atoms with Crippen molar-refractivity contribution >= 4 is 0 Å². The molecular weight excluding hydrogens is 215 g/mol. The monoisotopic (exact) mass is 232 g/mol. The van der Waals surface area contributed by atoms with Crippen LogP contribution in [0.15, 0.2) is 24.3 Å². The molecule has 1 aliphatic rings. The van der Waals surface area contributed by atoms with Crippen LogP contribution in [0.5, 0.6) is 0 Å². The molecule has 1 saturated carbocycles. The third-order valence-corrected chi connectivity index (χ3v) is 3.46. The molecule has 1 fully saturated rings. The number of hydrogen-bond donors (Lipinski definition) is 0. The predicted octanol–water partition coefficient (Wildman–Crippen LogP) is 2.95. The van der Waals surface area contributed by atoms with E-state index in [4.69, 9.17) is 5.26 Å². The second-order valence-electron chi connectivity index (χ2n) is 5.05. The van der Waals surface area contributed by atoms with Crippen molar-refractivity contribution in [2.75, 3.05) is 13.6 Å². The zero-order valence-electron chi connectivity index (χ0n) is 10.1. The molecule has 17 heavy (non-hydrogen) atoms. The Bertz CT molecular complexity index is 432. The molecule has 1 aliphatic carbocycles. The molecule has 2 rings (SSSR count). The zero-order chi connectivity index (χ0) is 12.3. The summed E-state index contributed by atoms with van der Waals surface area (Å²) in [4.78, 5) is 2.11. The van der Waals surface area contributed by atoms with Crippen molar-refractivity contribution in [3.63, 3.8) is 0 Å². The van der Waals surface area contributed by atoms with E-state index in [1.165, 1.54) is 6.07 Å². The molecular formula is C14H17FN2. The molecule has 0 N–H and O–H groups in total. The van der Waals surface area contributed by atoms with E-state index in [1.54, 1.807) is 12.1 Å². The molecule has 0 spiro atoms. The maximum atomic E-state index is 13.0. The number of hydrogen-bond acceptors (Lipinski definition) is 2. The molecule has 0 bridgehead atoms. The van der Waals surface area contributed by atoms with Gasteiger partial charge in [-0.1, -0.05) is 18.6 Å². The van der Waals surface area contributed by atoms with Gasteiger partial charge in [-0.3, -0.25) is 0 Å². The Morgan fingerprint density at radius 1 is 1.47 bits per heavy atom. The number of halogens is 1. The summed E-state index contributed by atoms with van der Waals surface area (Å²) in [6.45, 7) is 1.47. The van der Waals surface area contributed by atoms with Crippen molar-refractivity contribution in [2.24, 2.45) is 5.41 Å². The molecule has 0 heterocycles. The molecule has 0 radical (unpaired) electrons. The van der Waals surface area contributed by atoms with Gasteiger partial charge in [0, 0.05) is 13.1 Å². The highest BCUT2D eigenvalue weighted by Crippen LogP contribution is 2.40. The highest BCUT2D eigenvalue weighted by atomic mass is 19.1. The highest BCUT2D eigenvalue weighted by molar-refractivity contribution is 5.16. The van der Waals surface area contributed by atoms with Crippen molar-refractivity contribution in [2.45, 2.75) is 25.8 Å². The van der Waals surface area contributed by atoms with Crippen LogP contribution in [0.4, 0.5) is 4.39 Å². The Morgan fingerprint density at radius 2 is 2.24 bits per heavy atom. The Kier molecular flexibility index (Phi) is 3.44. The number of benzene rings is 1. The van der Waals surface area contributed by atoms with Crippen molar-refractivity contribution in [1.29, 1.82) is 5.26 Å². The summed E-state index contributed by atoms with van der Waals surface area (Å²) in [5.41, 5.74) is 0.808. The summed E-state index contributed by atoms with van der Waals surface area (Å²) in [7, 11) is 1.99. The summed E-state index contributed by atoms with van der Waals surface area (Å²) in [6.07, 6.45) is 3.15. The zero-order valence-corrected chi connectivity index (χ0v) is 10.1. The second-order valence-corrected chi connectivity index (χ2v) is 5.05. The fourth-order valence-electron chi connectivity index (χ4n) is 2.43. The van der Waals surface area contributed by atoms with Crippen molar-refractivity contribution < 1.29 is 4.39 Å². The fourth-order valence-corrected chi connectivity index (χ4v) is 2.43. The standard InChI is InChI=1S/C14H17FN2/c1-17(11-14(10-16)6-3-7-14)9-12-4-2-5-13(15)8-12/h2,4-5,8H,3,6-7,9,11H2,1H3. The van der Waals surface area contributed by atoms with Gasteiger partial charge in [0.15, 0.2) is 0 Å².